The Balaban J connectivity index is 1.80. The van der Waals surface area contributed by atoms with E-state index < -0.39 is 0 Å². The molecule has 3 unspecified atom stereocenters. The Hall–Kier alpha value is -0.830. The van der Waals surface area contributed by atoms with Gasteiger partial charge < -0.3 is 5.32 Å². The summed E-state index contributed by atoms with van der Waals surface area (Å²) in [5, 5.41) is 7.83. The maximum absolute atomic E-state index is 4.21. The smallest absolute Gasteiger partial charge is 0.0547 e. The van der Waals surface area contributed by atoms with Crippen LogP contribution in [0, 0.1) is 11.8 Å². The largest absolute Gasteiger partial charge is 0.309 e. The molecule has 1 aliphatic carbocycles. The van der Waals surface area contributed by atoms with Crippen LogP contribution in [0.25, 0.3) is 0 Å². The van der Waals surface area contributed by atoms with Crippen LogP contribution in [0.15, 0.2) is 12.3 Å². The van der Waals surface area contributed by atoms with E-state index in [1.807, 2.05) is 17.9 Å². The molecule has 0 saturated heterocycles. The first-order chi connectivity index (χ1) is 7.66. The molecule has 3 atom stereocenters. The van der Waals surface area contributed by atoms with E-state index in [0.717, 1.165) is 18.4 Å². The van der Waals surface area contributed by atoms with Crippen molar-refractivity contribution in [2.24, 2.45) is 18.9 Å². The molecule has 1 aliphatic rings. The van der Waals surface area contributed by atoms with Gasteiger partial charge in [0.2, 0.25) is 0 Å². The van der Waals surface area contributed by atoms with Crippen molar-refractivity contribution in [3.8, 4) is 0 Å². The van der Waals surface area contributed by atoms with Gasteiger partial charge in [0.25, 0.3) is 0 Å². The van der Waals surface area contributed by atoms with Crippen molar-refractivity contribution in [1.82, 2.24) is 15.1 Å². The zero-order valence-corrected chi connectivity index (χ0v) is 10.6. The fourth-order valence-electron chi connectivity index (χ4n) is 2.77. The third-order valence-electron chi connectivity index (χ3n) is 3.82. The van der Waals surface area contributed by atoms with Gasteiger partial charge >= 0.3 is 0 Å². The minimum atomic E-state index is 0.406. The number of nitrogens with one attached hydrogen (secondary N) is 1. The van der Waals surface area contributed by atoms with Crippen LogP contribution in [0.1, 0.15) is 44.8 Å². The fraction of sp³-hybridized carbons (Fsp3) is 0.769. The molecule has 0 amide bonds. The molecular weight excluding hydrogens is 198 g/mol. The lowest BCUT2D eigenvalue weighted by Crippen LogP contribution is -2.26. The van der Waals surface area contributed by atoms with Gasteiger partial charge in [-0.05, 0) is 44.2 Å². The highest BCUT2D eigenvalue weighted by molar-refractivity contribution is 5.05. The van der Waals surface area contributed by atoms with Gasteiger partial charge in [-0.25, -0.2) is 0 Å². The van der Waals surface area contributed by atoms with Crippen molar-refractivity contribution in [2.75, 3.05) is 6.54 Å². The van der Waals surface area contributed by atoms with Gasteiger partial charge in [0.1, 0.15) is 0 Å². The maximum atomic E-state index is 4.21. The van der Waals surface area contributed by atoms with E-state index in [2.05, 4.69) is 30.3 Å². The molecule has 1 N–H and O–H groups in total. The second-order valence-corrected chi connectivity index (χ2v) is 5.29. The summed E-state index contributed by atoms with van der Waals surface area (Å²) >= 11 is 0. The summed E-state index contributed by atoms with van der Waals surface area (Å²) in [5.41, 5.74) is 1.27. The van der Waals surface area contributed by atoms with Crippen LogP contribution in [0.3, 0.4) is 0 Å². The summed E-state index contributed by atoms with van der Waals surface area (Å²) in [4.78, 5) is 0. The SMILES string of the molecule is CC1CCC(CNC(C)c2ccnn2C)C1. The molecule has 1 saturated carbocycles. The van der Waals surface area contributed by atoms with Crippen LogP contribution in [0.5, 0.6) is 0 Å². The van der Waals surface area contributed by atoms with Crippen LogP contribution >= 0.6 is 0 Å². The van der Waals surface area contributed by atoms with Crippen molar-refractivity contribution in [1.29, 1.82) is 0 Å². The minimum Gasteiger partial charge on any atom is -0.309 e. The van der Waals surface area contributed by atoms with E-state index in [1.165, 1.54) is 25.0 Å². The summed E-state index contributed by atoms with van der Waals surface area (Å²) in [7, 11) is 2.01. The first-order valence-corrected chi connectivity index (χ1v) is 6.38. The van der Waals surface area contributed by atoms with Gasteiger partial charge in [0, 0.05) is 19.3 Å². The molecule has 0 radical (unpaired) electrons. The van der Waals surface area contributed by atoms with Crippen LogP contribution < -0.4 is 5.32 Å². The molecule has 3 heteroatoms. The molecule has 1 aromatic heterocycles. The minimum absolute atomic E-state index is 0.406. The highest BCUT2D eigenvalue weighted by Crippen LogP contribution is 2.30. The summed E-state index contributed by atoms with van der Waals surface area (Å²) in [6.45, 7) is 5.73. The zero-order chi connectivity index (χ0) is 11.5. The average molecular weight is 221 g/mol. The van der Waals surface area contributed by atoms with E-state index in [4.69, 9.17) is 0 Å². The summed E-state index contributed by atoms with van der Waals surface area (Å²) in [6.07, 6.45) is 6.06. The van der Waals surface area contributed by atoms with Gasteiger partial charge in [-0.15, -0.1) is 0 Å². The van der Waals surface area contributed by atoms with Gasteiger partial charge in [-0.1, -0.05) is 13.3 Å². The molecule has 2 rings (SSSR count). The Labute approximate surface area is 98.2 Å². The first-order valence-electron chi connectivity index (χ1n) is 6.38. The second kappa shape index (κ2) is 5.00. The maximum Gasteiger partial charge on any atom is 0.0547 e. The van der Waals surface area contributed by atoms with Gasteiger partial charge in [-0.3, -0.25) is 4.68 Å². The van der Waals surface area contributed by atoms with Crippen molar-refractivity contribution >= 4 is 0 Å². The highest BCUT2D eigenvalue weighted by atomic mass is 15.3. The molecule has 0 aliphatic heterocycles. The lowest BCUT2D eigenvalue weighted by molar-refractivity contribution is 0.429. The van der Waals surface area contributed by atoms with Crippen LogP contribution in [-0.4, -0.2) is 16.3 Å². The third-order valence-corrected chi connectivity index (χ3v) is 3.82. The average Bonchev–Trinajstić information content (AvgIpc) is 2.84. The van der Waals surface area contributed by atoms with Gasteiger partial charge in [0.15, 0.2) is 0 Å². The Morgan fingerprint density at radius 3 is 2.94 bits per heavy atom. The van der Waals surface area contributed by atoms with Crippen LogP contribution in [0.4, 0.5) is 0 Å². The summed E-state index contributed by atoms with van der Waals surface area (Å²) < 4.78 is 1.95. The van der Waals surface area contributed by atoms with E-state index >= 15 is 0 Å². The summed E-state index contributed by atoms with van der Waals surface area (Å²) in [5.74, 6) is 1.81. The Morgan fingerprint density at radius 1 is 1.56 bits per heavy atom. The van der Waals surface area contributed by atoms with E-state index in [-0.39, 0.29) is 0 Å². The molecule has 90 valence electrons. The molecule has 0 spiro atoms. The van der Waals surface area contributed by atoms with Crippen molar-refractivity contribution < 1.29 is 0 Å². The molecule has 3 nitrogen and oxygen atoms in total. The number of hydrogen-bond acceptors (Lipinski definition) is 2. The number of nitrogens with zero attached hydrogens (tertiary/aromatic N) is 2. The number of rotatable bonds is 4. The van der Waals surface area contributed by atoms with Crippen LogP contribution in [-0.2, 0) is 7.05 Å². The Bertz CT molecular complexity index is 332. The molecule has 1 fully saturated rings. The molecule has 0 bridgehead atoms. The summed E-state index contributed by atoms with van der Waals surface area (Å²) in [6, 6.07) is 2.50. The third kappa shape index (κ3) is 2.64. The standard InChI is InChI=1S/C13H23N3/c1-10-4-5-12(8-10)9-14-11(2)13-6-7-15-16(13)3/h6-7,10-12,14H,4-5,8-9H2,1-3H3. The topological polar surface area (TPSA) is 29.9 Å². The number of aryl methyl sites for hydroxylation is 1. The van der Waals surface area contributed by atoms with E-state index in [0.29, 0.717) is 6.04 Å². The van der Waals surface area contributed by atoms with E-state index in [1.54, 1.807) is 0 Å². The fourth-order valence-corrected chi connectivity index (χ4v) is 2.77. The molecular formula is C13H23N3. The molecule has 16 heavy (non-hydrogen) atoms. The lowest BCUT2D eigenvalue weighted by atomic mass is 10.1. The van der Waals surface area contributed by atoms with Crippen molar-refractivity contribution in [3.05, 3.63) is 18.0 Å². The van der Waals surface area contributed by atoms with Crippen molar-refractivity contribution in [3.63, 3.8) is 0 Å². The lowest BCUT2D eigenvalue weighted by Gasteiger charge is -2.17. The highest BCUT2D eigenvalue weighted by Gasteiger charge is 2.21. The van der Waals surface area contributed by atoms with Gasteiger partial charge in [-0.2, -0.15) is 5.10 Å². The first kappa shape index (κ1) is 11.6. The van der Waals surface area contributed by atoms with Crippen molar-refractivity contribution in [2.45, 2.75) is 39.2 Å². The van der Waals surface area contributed by atoms with Crippen LogP contribution in [0.2, 0.25) is 0 Å². The Morgan fingerprint density at radius 2 is 2.38 bits per heavy atom. The quantitative estimate of drug-likeness (QED) is 0.846. The van der Waals surface area contributed by atoms with Gasteiger partial charge in [0.05, 0.1) is 5.69 Å². The monoisotopic (exact) mass is 221 g/mol. The Kier molecular flexibility index (Phi) is 3.64. The number of aromatic nitrogens is 2. The number of hydrogen-bond donors (Lipinski definition) is 1. The molecule has 1 aromatic rings. The second-order valence-electron chi connectivity index (χ2n) is 5.29. The zero-order valence-electron chi connectivity index (χ0n) is 10.6. The predicted octanol–water partition coefficient (Wildman–Crippen LogP) is 2.51. The molecule has 0 aromatic carbocycles. The predicted molar refractivity (Wildman–Crippen MR) is 66.1 cm³/mol. The van der Waals surface area contributed by atoms with E-state index in [9.17, 15) is 0 Å². The molecule has 1 heterocycles. The normalized spacial score (nSPS) is 27.2.